The number of nitrogen functional groups attached to an aromatic ring is 1. The molecule has 98 valence electrons. The van der Waals surface area contributed by atoms with E-state index in [1.165, 1.54) is 22.4 Å². The molecule has 0 atom stereocenters. The molecule has 3 rings (SSSR count). The second-order valence-corrected chi connectivity index (χ2v) is 6.05. The third-order valence-corrected chi connectivity index (χ3v) is 4.27. The van der Waals surface area contributed by atoms with Gasteiger partial charge in [0.15, 0.2) is 0 Å². The zero-order valence-corrected chi connectivity index (χ0v) is 12.6. The summed E-state index contributed by atoms with van der Waals surface area (Å²) in [5.41, 5.74) is 12.2. The Labute approximate surface area is 122 Å². The molecule has 1 heterocycles. The lowest BCUT2D eigenvalue weighted by Gasteiger charge is -2.20. The van der Waals surface area contributed by atoms with Gasteiger partial charge in [-0.2, -0.15) is 0 Å². The van der Waals surface area contributed by atoms with Crippen molar-refractivity contribution in [2.75, 3.05) is 17.2 Å². The highest BCUT2D eigenvalue weighted by atomic mass is 79.9. The molecule has 2 N–H and O–H groups in total. The Balaban J connectivity index is 1.86. The van der Waals surface area contributed by atoms with Crippen molar-refractivity contribution in [1.29, 1.82) is 0 Å². The van der Waals surface area contributed by atoms with Crippen LogP contribution in [-0.2, 0) is 13.0 Å². The predicted octanol–water partition coefficient (Wildman–Crippen LogP) is 3.90. The highest BCUT2D eigenvalue weighted by Crippen LogP contribution is 2.33. The molecule has 1 aliphatic rings. The Morgan fingerprint density at radius 3 is 2.68 bits per heavy atom. The lowest BCUT2D eigenvalue weighted by Crippen LogP contribution is -2.19. The molecular weight excluding hydrogens is 300 g/mol. The first-order valence-corrected chi connectivity index (χ1v) is 7.31. The van der Waals surface area contributed by atoms with Gasteiger partial charge in [-0.05, 0) is 48.2 Å². The van der Waals surface area contributed by atoms with Crippen molar-refractivity contribution < 1.29 is 0 Å². The average molecular weight is 317 g/mol. The van der Waals surface area contributed by atoms with Gasteiger partial charge in [-0.25, -0.2) is 0 Å². The average Bonchev–Trinajstić information content (AvgIpc) is 2.76. The van der Waals surface area contributed by atoms with E-state index in [-0.39, 0.29) is 0 Å². The molecular formula is C16H17BrN2. The summed E-state index contributed by atoms with van der Waals surface area (Å²) in [5.74, 6) is 0. The van der Waals surface area contributed by atoms with E-state index in [1.807, 2.05) is 0 Å². The van der Waals surface area contributed by atoms with Gasteiger partial charge in [0.05, 0.1) is 0 Å². The number of rotatable bonds is 2. The number of fused-ring (bicyclic) bond motifs is 1. The van der Waals surface area contributed by atoms with Gasteiger partial charge in [-0.3, -0.25) is 0 Å². The van der Waals surface area contributed by atoms with Gasteiger partial charge in [0, 0.05) is 28.9 Å². The Hall–Kier alpha value is -1.48. The molecule has 19 heavy (non-hydrogen) atoms. The van der Waals surface area contributed by atoms with Gasteiger partial charge in [-0.15, -0.1) is 0 Å². The molecule has 0 radical (unpaired) electrons. The summed E-state index contributed by atoms with van der Waals surface area (Å²) in [5, 5.41) is 0. The molecule has 1 aliphatic heterocycles. The van der Waals surface area contributed by atoms with E-state index in [9.17, 15) is 0 Å². The minimum Gasteiger partial charge on any atom is -0.398 e. The molecule has 0 aromatic heterocycles. The van der Waals surface area contributed by atoms with Crippen LogP contribution in [0.3, 0.4) is 0 Å². The van der Waals surface area contributed by atoms with Crippen LogP contribution >= 0.6 is 15.9 Å². The van der Waals surface area contributed by atoms with Crippen LogP contribution in [0.4, 0.5) is 11.4 Å². The molecule has 0 unspecified atom stereocenters. The summed E-state index contributed by atoms with van der Waals surface area (Å²) >= 11 is 3.47. The highest BCUT2D eigenvalue weighted by molar-refractivity contribution is 9.10. The summed E-state index contributed by atoms with van der Waals surface area (Å²) in [7, 11) is 0. The fourth-order valence-electron chi connectivity index (χ4n) is 2.62. The van der Waals surface area contributed by atoms with E-state index < -0.39 is 0 Å². The standard InChI is InChI=1S/C16H17BrN2/c1-11-8-13-6-7-19(16(13)9-15(11)18)10-12-2-4-14(17)5-3-12/h2-5,8-9H,6-7,10,18H2,1H3. The van der Waals surface area contributed by atoms with Crippen LogP contribution in [0.5, 0.6) is 0 Å². The Morgan fingerprint density at radius 1 is 1.21 bits per heavy atom. The molecule has 2 nitrogen and oxygen atoms in total. The Morgan fingerprint density at radius 2 is 1.95 bits per heavy atom. The maximum absolute atomic E-state index is 6.04. The van der Waals surface area contributed by atoms with E-state index >= 15 is 0 Å². The van der Waals surface area contributed by atoms with E-state index in [2.05, 4.69) is 64.2 Å². The number of halogens is 1. The first-order chi connectivity index (χ1) is 9.13. The van der Waals surface area contributed by atoms with Crippen LogP contribution in [0.15, 0.2) is 40.9 Å². The van der Waals surface area contributed by atoms with Crippen LogP contribution in [0, 0.1) is 6.92 Å². The molecule has 0 spiro atoms. The number of nitrogens with two attached hydrogens (primary N) is 1. The molecule has 0 amide bonds. The number of hydrogen-bond acceptors (Lipinski definition) is 2. The minimum absolute atomic E-state index is 0.890. The third-order valence-electron chi connectivity index (χ3n) is 3.75. The molecule has 3 heteroatoms. The van der Waals surface area contributed by atoms with Crippen molar-refractivity contribution in [2.45, 2.75) is 19.9 Å². The lowest BCUT2D eigenvalue weighted by molar-refractivity contribution is 0.836. The zero-order valence-electron chi connectivity index (χ0n) is 11.0. The first-order valence-electron chi connectivity index (χ1n) is 6.52. The summed E-state index contributed by atoms with van der Waals surface area (Å²) < 4.78 is 1.12. The summed E-state index contributed by atoms with van der Waals surface area (Å²) in [4.78, 5) is 2.41. The summed E-state index contributed by atoms with van der Waals surface area (Å²) in [6, 6.07) is 12.9. The maximum Gasteiger partial charge on any atom is 0.0429 e. The Bertz CT molecular complexity index is 605. The number of anilines is 2. The largest absolute Gasteiger partial charge is 0.398 e. The van der Waals surface area contributed by atoms with E-state index in [0.29, 0.717) is 0 Å². The summed E-state index contributed by atoms with van der Waals surface area (Å²) in [6.45, 7) is 4.10. The van der Waals surface area contributed by atoms with Gasteiger partial charge < -0.3 is 10.6 Å². The van der Waals surface area contributed by atoms with Crippen molar-refractivity contribution >= 4 is 27.3 Å². The third kappa shape index (κ3) is 2.47. The number of benzene rings is 2. The molecule has 0 bridgehead atoms. The van der Waals surface area contributed by atoms with Crippen molar-refractivity contribution in [3.8, 4) is 0 Å². The smallest absolute Gasteiger partial charge is 0.0429 e. The van der Waals surface area contributed by atoms with Crippen molar-refractivity contribution in [3.63, 3.8) is 0 Å². The Kier molecular flexibility index (Phi) is 3.23. The molecule has 2 aromatic rings. The zero-order chi connectivity index (χ0) is 13.4. The lowest BCUT2D eigenvalue weighted by atomic mass is 10.1. The van der Waals surface area contributed by atoms with Crippen molar-refractivity contribution in [2.24, 2.45) is 0 Å². The fraction of sp³-hybridized carbons (Fsp3) is 0.250. The maximum atomic E-state index is 6.04. The van der Waals surface area contributed by atoms with Crippen LogP contribution in [-0.4, -0.2) is 6.54 Å². The monoisotopic (exact) mass is 316 g/mol. The van der Waals surface area contributed by atoms with Gasteiger partial charge in [0.25, 0.3) is 0 Å². The van der Waals surface area contributed by atoms with Crippen molar-refractivity contribution in [1.82, 2.24) is 0 Å². The topological polar surface area (TPSA) is 29.3 Å². The van der Waals surface area contributed by atoms with Crippen LogP contribution < -0.4 is 10.6 Å². The second kappa shape index (κ2) is 4.89. The van der Waals surface area contributed by atoms with Crippen molar-refractivity contribution in [3.05, 3.63) is 57.6 Å². The SMILES string of the molecule is Cc1cc2c(cc1N)N(Cc1ccc(Br)cc1)CC2. The molecule has 0 fully saturated rings. The normalized spacial score (nSPS) is 13.7. The molecule has 0 saturated carbocycles. The first kappa shape index (κ1) is 12.5. The van der Waals surface area contributed by atoms with Crippen LogP contribution in [0.1, 0.15) is 16.7 Å². The van der Waals surface area contributed by atoms with Crippen LogP contribution in [0.2, 0.25) is 0 Å². The van der Waals surface area contributed by atoms with Gasteiger partial charge >= 0.3 is 0 Å². The van der Waals surface area contributed by atoms with E-state index in [1.54, 1.807) is 0 Å². The number of hydrogen-bond donors (Lipinski definition) is 1. The van der Waals surface area contributed by atoms with Gasteiger partial charge in [-0.1, -0.05) is 34.1 Å². The molecule has 0 aliphatic carbocycles. The van der Waals surface area contributed by atoms with Gasteiger partial charge in [0.2, 0.25) is 0 Å². The van der Waals surface area contributed by atoms with Gasteiger partial charge in [0.1, 0.15) is 0 Å². The van der Waals surface area contributed by atoms with E-state index in [4.69, 9.17) is 5.73 Å². The number of aryl methyl sites for hydroxylation is 1. The highest BCUT2D eigenvalue weighted by Gasteiger charge is 2.20. The quantitative estimate of drug-likeness (QED) is 0.851. The molecule has 2 aromatic carbocycles. The predicted molar refractivity (Wildman–Crippen MR) is 84.5 cm³/mol. The fourth-order valence-corrected chi connectivity index (χ4v) is 2.88. The van der Waals surface area contributed by atoms with E-state index in [0.717, 1.165) is 29.7 Å². The second-order valence-electron chi connectivity index (χ2n) is 5.14. The van der Waals surface area contributed by atoms with Crippen LogP contribution in [0.25, 0.3) is 0 Å². The minimum atomic E-state index is 0.890. The molecule has 0 saturated heterocycles. The number of nitrogens with zero attached hydrogens (tertiary/aromatic N) is 1. The summed E-state index contributed by atoms with van der Waals surface area (Å²) in [6.07, 6.45) is 1.12.